The number of aromatic nitrogens is 2. The van der Waals surface area contributed by atoms with Gasteiger partial charge in [0.15, 0.2) is 5.82 Å². The molecule has 136 valence electrons. The summed E-state index contributed by atoms with van der Waals surface area (Å²) in [5, 5.41) is 8.93. The molecule has 2 aromatic heterocycles. The summed E-state index contributed by atoms with van der Waals surface area (Å²) in [6.45, 7) is 2.46. The highest BCUT2D eigenvalue weighted by Gasteiger charge is 2.23. The van der Waals surface area contributed by atoms with Gasteiger partial charge >= 0.3 is 5.97 Å². The number of aromatic amines is 1. The molecule has 0 bridgehead atoms. The van der Waals surface area contributed by atoms with Gasteiger partial charge in [0.05, 0.1) is 23.5 Å². The second-order valence-electron chi connectivity index (χ2n) is 6.66. The Morgan fingerprint density at radius 1 is 1.31 bits per heavy atom. The van der Waals surface area contributed by atoms with E-state index in [9.17, 15) is 9.59 Å². The van der Waals surface area contributed by atoms with Gasteiger partial charge in [0, 0.05) is 26.1 Å². The molecule has 2 aliphatic rings. The predicted octanol–water partition coefficient (Wildman–Crippen LogP) is 1.59. The molecule has 8 heteroatoms. The molecule has 4 rings (SSSR count). The van der Waals surface area contributed by atoms with Crippen molar-refractivity contribution in [2.75, 3.05) is 13.1 Å². The van der Waals surface area contributed by atoms with Crippen molar-refractivity contribution in [2.45, 2.75) is 38.8 Å². The van der Waals surface area contributed by atoms with Crippen LogP contribution in [0.3, 0.4) is 0 Å². The van der Waals surface area contributed by atoms with Crippen LogP contribution in [0.2, 0.25) is 0 Å². The van der Waals surface area contributed by atoms with E-state index >= 15 is 0 Å². The maximum atomic E-state index is 12.5. The topological polar surface area (TPSA) is 112 Å². The van der Waals surface area contributed by atoms with Crippen LogP contribution in [-0.4, -0.2) is 44.7 Å². The van der Waals surface area contributed by atoms with Crippen LogP contribution in [0.4, 0.5) is 0 Å². The van der Waals surface area contributed by atoms with Gasteiger partial charge in [-0.15, -0.1) is 0 Å². The summed E-state index contributed by atoms with van der Waals surface area (Å²) in [6, 6.07) is 3.10. The van der Waals surface area contributed by atoms with Crippen molar-refractivity contribution in [3.63, 3.8) is 0 Å². The highest BCUT2D eigenvalue weighted by Crippen LogP contribution is 2.19. The summed E-state index contributed by atoms with van der Waals surface area (Å²) in [5.41, 5.74) is 2.28. The van der Waals surface area contributed by atoms with E-state index in [0.717, 1.165) is 43.8 Å². The minimum Gasteiger partial charge on any atom is -0.475 e. The Labute approximate surface area is 149 Å². The lowest BCUT2D eigenvalue weighted by Gasteiger charge is -2.27. The molecule has 0 saturated heterocycles. The van der Waals surface area contributed by atoms with E-state index < -0.39 is 5.97 Å². The van der Waals surface area contributed by atoms with Gasteiger partial charge in [-0.05, 0) is 31.4 Å². The van der Waals surface area contributed by atoms with Gasteiger partial charge in [-0.2, -0.15) is 0 Å². The van der Waals surface area contributed by atoms with Crippen molar-refractivity contribution in [1.82, 2.24) is 14.9 Å². The van der Waals surface area contributed by atoms with E-state index in [1.54, 1.807) is 6.07 Å². The van der Waals surface area contributed by atoms with E-state index in [-0.39, 0.29) is 11.3 Å². The maximum absolute atomic E-state index is 12.5. The second kappa shape index (κ2) is 6.87. The summed E-state index contributed by atoms with van der Waals surface area (Å²) in [6.07, 6.45) is 3.70. The number of rotatable bonds is 4. The third kappa shape index (κ3) is 3.32. The number of fused-ring (bicyclic) bond motifs is 1. The molecule has 2 aromatic rings. The molecule has 0 saturated carbocycles. The summed E-state index contributed by atoms with van der Waals surface area (Å²) < 4.78 is 5.31. The van der Waals surface area contributed by atoms with Crippen molar-refractivity contribution in [2.24, 2.45) is 4.99 Å². The molecule has 0 atom stereocenters. The smallest absolute Gasteiger partial charge is 0.371 e. The fraction of sp³-hybridized carbons (Fsp3) is 0.444. The number of carboxylic acid groups (broad SMARTS) is 1. The largest absolute Gasteiger partial charge is 0.475 e. The maximum Gasteiger partial charge on any atom is 0.371 e. The van der Waals surface area contributed by atoms with Crippen LogP contribution in [-0.2, 0) is 19.5 Å². The first-order valence-corrected chi connectivity index (χ1v) is 8.80. The Kier molecular flexibility index (Phi) is 4.42. The van der Waals surface area contributed by atoms with E-state index in [1.165, 1.54) is 6.07 Å². The number of hydrogen-bond acceptors (Lipinski definition) is 6. The average molecular weight is 356 g/mol. The molecule has 0 unspecified atom stereocenters. The van der Waals surface area contributed by atoms with Crippen molar-refractivity contribution in [1.29, 1.82) is 0 Å². The van der Waals surface area contributed by atoms with Gasteiger partial charge in [-0.25, -0.2) is 9.78 Å². The first kappa shape index (κ1) is 16.7. The average Bonchev–Trinajstić information content (AvgIpc) is 3.12. The van der Waals surface area contributed by atoms with Crippen molar-refractivity contribution < 1.29 is 14.3 Å². The lowest BCUT2D eigenvalue weighted by Crippen LogP contribution is -2.36. The molecule has 2 aliphatic heterocycles. The first-order chi connectivity index (χ1) is 12.6. The summed E-state index contributed by atoms with van der Waals surface area (Å²) in [4.78, 5) is 37.5. The number of nitrogens with zero attached hydrogens (tertiary/aromatic N) is 3. The molecule has 2 N–H and O–H groups in total. The number of hydrogen-bond donors (Lipinski definition) is 2. The fourth-order valence-electron chi connectivity index (χ4n) is 3.44. The zero-order valence-electron chi connectivity index (χ0n) is 14.3. The Bertz CT molecular complexity index is 928. The molecular weight excluding hydrogens is 336 g/mol. The zero-order valence-corrected chi connectivity index (χ0v) is 14.3. The molecule has 8 nitrogen and oxygen atoms in total. The number of nitrogens with one attached hydrogen (secondary N) is 1. The van der Waals surface area contributed by atoms with Gasteiger partial charge in [-0.1, -0.05) is 0 Å². The lowest BCUT2D eigenvalue weighted by molar-refractivity contribution is 0.0658. The van der Waals surface area contributed by atoms with Crippen LogP contribution in [0.5, 0.6) is 0 Å². The molecule has 0 radical (unpaired) electrons. The van der Waals surface area contributed by atoms with Crippen molar-refractivity contribution in [3.8, 4) is 0 Å². The molecular formula is C18H20N4O4. The van der Waals surface area contributed by atoms with Crippen molar-refractivity contribution >= 4 is 11.7 Å². The fourth-order valence-corrected chi connectivity index (χ4v) is 3.44. The molecule has 4 heterocycles. The van der Waals surface area contributed by atoms with E-state index in [2.05, 4.69) is 19.9 Å². The van der Waals surface area contributed by atoms with Crippen LogP contribution < -0.4 is 5.56 Å². The van der Waals surface area contributed by atoms with Crippen LogP contribution in [0.15, 0.2) is 26.3 Å². The Morgan fingerprint density at radius 2 is 2.19 bits per heavy atom. The molecule has 26 heavy (non-hydrogen) atoms. The van der Waals surface area contributed by atoms with E-state index in [1.807, 2.05) is 0 Å². The third-order valence-corrected chi connectivity index (χ3v) is 4.80. The SMILES string of the molecule is O=C(O)c1ccc(CN2CCc3nc(C4=NCCCC4)[nH]c(=O)c3C2)o1. The van der Waals surface area contributed by atoms with Crippen LogP contribution >= 0.6 is 0 Å². The Balaban J connectivity index is 1.52. The quantitative estimate of drug-likeness (QED) is 0.860. The van der Waals surface area contributed by atoms with Crippen LogP contribution in [0.25, 0.3) is 0 Å². The number of carbonyl (C=O) groups is 1. The number of carboxylic acids is 1. The highest BCUT2D eigenvalue weighted by molar-refractivity contribution is 5.97. The van der Waals surface area contributed by atoms with Gasteiger partial charge in [-0.3, -0.25) is 14.7 Å². The summed E-state index contributed by atoms with van der Waals surface area (Å²) in [7, 11) is 0. The van der Waals surface area contributed by atoms with E-state index in [4.69, 9.17) is 9.52 Å². The van der Waals surface area contributed by atoms with Gasteiger partial charge < -0.3 is 14.5 Å². The lowest BCUT2D eigenvalue weighted by atomic mass is 10.1. The number of aliphatic imine (C=N–C) groups is 1. The normalized spacial score (nSPS) is 17.6. The first-order valence-electron chi connectivity index (χ1n) is 8.80. The number of H-pyrrole nitrogens is 1. The molecule has 0 amide bonds. The summed E-state index contributed by atoms with van der Waals surface area (Å²) in [5.74, 6) is 0.0244. The highest BCUT2D eigenvalue weighted by atomic mass is 16.4. The molecule has 0 aliphatic carbocycles. The van der Waals surface area contributed by atoms with Crippen molar-refractivity contribution in [3.05, 3.63) is 51.1 Å². The Morgan fingerprint density at radius 3 is 2.92 bits per heavy atom. The zero-order chi connectivity index (χ0) is 18.1. The van der Waals surface area contributed by atoms with Gasteiger partial charge in [0.1, 0.15) is 5.76 Å². The predicted molar refractivity (Wildman–Crippen MR) is 93.6 cm³/mol. The molecule has 0 spiro atoms. The molecule has 0 fully saturated rings. The summed E-state index contributed by atoms with van der Waals surface area (Å²) >= 11 is 0. The standard InChI is InChI=1S/C18H20N4O4/c23-17-12-10-22(9-11-4-5-15(26-11)18(24)25)8-6-13(12)20-16(21-17)14-3-1-2-7-19-14/h4-5H,1-3,6-10H2,(H,24,25)(H,20,21,23). The Hall–Kier alpha value is -2.74. The van der Waals surface area contributed by atoms with Crippen LogP contribution in [0, 0.1) is 0 Å². The minimum absolute atomic E-state index is 0.0742. The van der Waals surface area contributed by atoms with E-state index in [0.29, 0.717) is 36.7 Å². The number of aromatic carboxylic acids is 1. The number of furan rings is 1. The van der Waals surface area contributed by atoms with Gasteiger partial charge in [0.2, 0.25) is 5.76 Å². The molecule has 0 aromatic carbocycles. The second-order valence-corrected chi connectivity index (χ2v) is 6.66. The van der Waals surface area contributed by atoms with Gasteiger partial charge in [0.25, 0.3) is 5.56 Å². The monoisotopic (exact) mass is 356 g/mol. The minimum atomic E-state index is -1.08. The third-order valence-electron chi connectivity index (χ3n) is 4.80. The van der Waals surface area contributed by atoms with Crippen LogP contribution in [0.1, 0.15) is 52.7 Å².